The number of rotatable bonds is 5. The van der Waals surface area contributed by atoms with Gasteiger partial charge in [-0.05, 0) is 68.7 Å². The van der Waals surface area contributed by atoms with Gasteiger partial charge in [-0.25, -0.2) is 4.79 Å². The quantitative estimate of drug-likeness (QED) is 0.864. The monoisotopic (exact) mass is 343 g/mol. The van der Waals surface area contributed by atoms with Gasteiger partial charge in [-0.1, -0.05) is 12.1 Å². The molecule has 0 spiro atoms. The van der Waals surface area contributed by atoms with E-state index in [9.17, 15) is 9.90 Å². The molecule has 2 aliphatic heterocycles. The molecule has 2 amide bonds. The van der Waals surface area contributed by atoms with Crippen molar-refractivity contribution in [3.8, 4) is 5.75 Å². The minimum atomic E-state index is 0.0800. The van der Waals surface area contributed by atoms with Crippen LogP contribution >= 0.6 is 0 Å². The Hall–Kier alpha value is -1.75. The molecule has 0 radical (unpaired) electrons. The fraction of sp³-hybridized carbons (Fsp3) is 0.650. The van der Waals surface area contributed by atoms with Gasteiger partial charge in [-0.15, -0.1) is 0 Å². The standard InChI is InChI=1S/C20H29N3O2/c24-19-7-5-16(6-8-19)14-23(13-15-3-4-15)20(25)21-17-9-11-22-10-1-2-18(22)12-17/h5-8,15,17-18,24H,1-4,9-14H2,(H,21,25)/t17-,18-/m0/s1. The number of hydrogen-bond acceptors (Lipinski definition) is 3. The summed E-state index contributed by atoms with van der Waals surface area (Å²) in [5.41, 5.74) is 1.07. The predicted molar refractivity (Wildman–Crippen MR) is 97.4 cm³/mol. The Morgan fingerprint density at radius 2 is 1.96 bits per heavy atom. The Morgan fingerprint density at radius 1 is 1.16 bits per heavy atom. The number of carbonyl (C=O) groups excluding carboxylic acids is 1. The lowest BCUT2D eigenvalue weighted by atomic mass is 9.98. The SMILES string of the molecule is O=C(N[C@H]1CCN2CCC[C@H]2C1)N(Cc1ccc(O)cc1)CC1CC1. The third kappa shape index (κ3) is 4.27. The number of benzene rings is 1. The first-order chi connectivity index (χ1) is 12.2. The number of aromatic hydroxyl groups is 1. The van der Waals surface area contributed by atoms with Crippen molar-refractivity contribution in [2.45, 2.75) is 57.2 Å². The molecule has 3 aliphatic rings. The molecule has 2 heterocycles. The van der Waals surface area contributed by atoms with Crippen LogP contribution in [0.5, 0.6) is 5.75 Å². The molecule has 1 aromatic carbocycles. The van der Waals surface area contributed by atoms with Crippen LogP contribution in [0.4, 0.5) is 4.79 Å². The maximum absolute atomic E-state index is 12.9. The number of piperidine rings is 1. The van der Waals surface area contributed by atoms with Gasteiger partial charge in [0.25, 0.3) is 0 Å². The minimum absolute atomic E-state index is 0.0800. The molecule has 136 valence electrons. The van der Waals surface area contributed by atoms with Crippen LogP contribution in [0, 0.1) is 5.92 Å². The molecule has 2 saturated heterocycles. The molecule has 0 aromatic heterocycles. The first-order valence-electron chi connectivity index (χ1n) is 9.75. The third-order valence-electron chi connectivity index (χ3n) is 5.92. The number of nitrogens with zero attached hydrogens (tertiary/aromatic N) is 2. The van der Waals surface area contributed by atoms with Crippen molar-refractivity contribution in [2.24, 2.45) is 5.92 Å². The summed E-state index contributed by atoms with van der Waals surface area (Å²) in [4.78, 5) is 17.4. The molecule has 2 atom stereocenters. The molecular formula is C20H29N3O2. The van der Waals surface area contributed by atoms with E-state index < -0.39 is 0 Å². The minimum Gasteiger partial charge on any atom is -0.508 e. The number of carbonyl (C=O) groups is 1. The van der Waals surface area contributed by atoms with E-state index in [1.807, 2.05) is 17.0 Å². The highest BCUT2D eigenvalue weighted by Crippen LogP contribution is 2.31. The molecule has 0 bridgehead atoms. The highest BCUT2D eigenvalue weighted by Gasteiger charge is 2.33. The van der Waals surface area contributed by atoms with E-state index in [0.29, 0.717) is 24.5 Å². The second-order valence-corrected chi connectivity index (χ2v) is 7.99. The summed E-state index contributed by atoms with van der Waals surface area (Å²) in [6.07, 6.45) is 7.23. The van der Waals surface area contributed by atoms with Crippen LogP contribution in [0.25, 0.3) is 0 Å². The predicted octanol–water partition coefficient (Wildman–Crippen LogP) is 2.94. The normalized spacial score (nSPS) is 26.2. The first-order valence-corrected chi connectivity index (χ1v) is 9.75. The molecule has 1 aliphatic carbocycles. The summed E-state index contributed by atoms with van der Waals surface area (Å²) in [6.45, 7) is 3.82. The summed E-state index contributed by atoms with van der Waals surface area (Å²) in [5, 5.41) is 12.8. The summed E-state index contributed by atoms with van der Waals surface area (Å²) in [6, 6.07) is 8.26. The number of phenolic OH excluding ortho intramolecular Hbond substituents is 1. The molecule has 5 heteroatoms. The zero-order valence-corrected chi connectivity index (χ0v) is 14.9. The number of hydrogen-bond donors (Lipinski definition) is 2. The fourth-order valence-electron chi connectivity index (χ4n) is 4.27. The smallest absolute Gasteiger partial charge is 0.317 e. The number of fused-ring (bicyclic) bond motifs is 1. The van der Waals surface area contributed by atoms with Crippen LogP contribution in [0.2, 0.25) is 0 Å². The summed E-state index contributed by atoms with van der Waals surface area (Å²) in [7, 11) is 0. The van der Waals surface area contributed by atoms with Crippen LogP contribution in [0.3, 0.4) is 0 Å². The van der Waals surface area contributed by atoms with E-state index in [0.717, 1.165) is 31.5 Å². The first kappa shape index (κ1) is 16.7. The molecule has 25 heavy (non-hydrogen) atoms. The molecule has 4 rings (SSSR count). The highest BCUT2D eigenvalue weighted by molar-refractivity contribution is 5.74. The largest absolute Gasteiger partial charge is 0.508 e. The maximum Gasteiger partial charge on any atom is 0.317 e. The second-order valence-electron chi connectivity index (χ2n) is 7.99. The zero-order valence-electron chi connectivity index (χ0n) is 14.9. The van der Waals surface area contributed by atoms with Gasteiger partial charge in [0, 0.05) is 31.7 Å². The molecule has 1 aromatic rings. The topological polar surface area (TPSA) is 55.8 Å². The van der Waals surface area contributed by atoms with Gasteiger partial charge in [-0.2, -0.15) is 0 Å². The van der Waals surface area contributed by atoms with E-state index in [2.05, 4.69) is 10.2 Å². The average molecular weight is 343 g/mol. The molecule has 3 fully saturated rings. The second kappa shape index (κ2) is 7.24. The Kier molecular flexibility index (Phi) is 4.84. The van der Waals surface area contributed by atoms with E-state index in [-0.39, 0.29) is 11.8 Å². The van der Waals surface area contributed by atoms with Crippen molar-refractivity contribution in [2.75, 3.05) is 19.6 Å². The van der Waals surface area contributed by atoms with Gasteiger partial charge in [0.05, 0.1) is 0 Å². The van der Waals surface area contributed by atoms with Crippen molar-refractivity contribution < 1.29 is 9.90 Å². The number of amides is 2. The number of phenols is 1. The van der Waals surface area contributed by atoms with E-state index in [4.69, 9.17) is 0 Å². The summed E-state index contributed by atoms with van der Waals surface area (Å²) < 4.78 is 0. The lowest BCUT2D eigenvalue weighted by Crippen LogP contribution is -2.51. The van der Waals surface area contributed by atoms with Crippen molar-refractivity contribution >= 4 is 6.03 Å². The van der Waals surface area contributed by atoms with E-state index in [1.165, 1.54) is 32.2 Å². The van der Waals surface area contributed by atoms with Gasteiger partial charge in [-0.3, -0.25) is 0 Å². The lowest BCUT2D eigenvalue weighted by molar-refractivity contribution is 0.152. The van der Waals surface area contributed by atoms with E-state index in [1.54, 1.807) is 12.1 Å². The van der Waals surface area contributed by atoms with Crippen molar-refractivity contribution in [3.63, 3.8) is 0 Å². The van der Waals surface area contributed by atoms with Gasteiger partial charge in [0.1, 0.15) is 5.75 Å². The van der Waals surface area contributed by atoms with Gasteiger partial charge < -0.3 is 20.2 Å². The fourth-order valence-corrected chi connectivity index (χ4v) is 4.27. The van der Waals surface area contributed by atoms with Crippen LogP contribution in [0.15, 0.2) is 24.3 Å². The molecule has 2 N–H and O–H groups in total. The lowest BCUT2D eigenvalue weighted by Gasteiger charge is -2.36. The Balaban J connectivity index is 1.36. The van der Waals surface area contributed by atoms with E-state index >= 15 is 0 Å². The summed E-state index contributed by atoms with van der Waals surface area (Å²) >= 11 is 0. The molecule has 0 unspecified atom stereocenters. The van der Waals surface area contributed by atoms with Gasteiger partial charge in [0.2, 0.25) is 0 Å². The van der Waals surface area contributed by atoms with Crippen LogP contribution in [-0.2, 0) is 6.54 Å². The Morgan fingerprint density at radius 3 is 2.72 bits per heavy atom. The molecule has 5 nitrogen and oxygen atoms in total. The highest BCUT2D eigenvalue weighted by atomic mass is 16.3. The van der Waals surface area contributed by atoms with Gasteiger partial charge in [0.15, 0.2) is 0 Å². The summed E-state index contributed by atoms with van der Waals surface area (Å²) in [5.74, 6) is 0.935. The van der Waals surface area contributed by atoms with Crippen LogP contribution < -0.4 is 5.32 Å². The Labute approximate surface area is 150 Å². The van der Waals surface area contributed by atoms with Crippen molar-refractivity contribution in [3.05, 3.63) is 29.8 Å². The van der Waals surface area contributed by atoms with Crippen molar-refractivity contribution in [1.82, 2.24) is 15.1 Å². The van der Waals surface area contributed by atoms with Gasteiger partial charge >= 0.3 is 6.03 Å². The molecule has 1 saturated carbocycles. The Bertz CT molecular complexity index is 599. The number of urea groups is 1. The molecular weight excluding hydrogens is 314 g/mol. The van der Waals surface area contributed by atoms with Crippen LogP contribution in [0.1, 0.15) is 44.1 Å². The maximum atomic E-state index is 12.9. The zero-order chi connectivity index (χ0) is 17.2. The average Bonchev–Trinajstić information content (AvgIpc) is 3.30. The van der Waals surface area contributed by atoms with Crippen LogP contribution in [-0.4, -0.2) is 52.7 Å². The third-order valence-corrected chi connectivity index (χ3v) is 5.92. The van der Waals surface area contributed by atoms with Crippen molar-refractivity contribution in [1.29, 1.82) is 0 Å². The number of nitrogens with one attached hydrogen (secondary N) is 1.